The van der Waals surface area contributed by atoms with E-state index < -0.39 is 0 Å². The smallest absolute Gasteiger partial charge is 0.227 e. The Morgan fingerprint density at radius 2 is 2.04 bits per heavy atom. The number of carbonyl (C=O) groups is 1. The zero-order valence-corrected chi connectivity index (χ0v) is 14.3. The van der Waals surface area contributed by atoms with Gasteiger partial charge in [-0.05, 0) is 56.8 Å². The summed E-state index contributed by atoms with van der Waals surface area (Å²) in [4.78, 5) is 21.2. The standard InChI is InChI=1S/C19H27N3O2/c23-18(12-16-4-3-7-20-14-16)22-10-5-19(6-11-22)13-17(15-24-19)21-8-1-2-9-21/h3-4,7,14,17H,1-2,5-6,8-13,15H2. The second-order valence-corrected chi connectivity index (χ2v) is 7.51. The Kier molecular flexibility index (Phi) is 4.55. The van der Waals surface area contributed by atoms with E-state index in [4.69, 9.17) is 4.74 Å². The monoisotopic (exact) mass is 329 g/mol. The number of piperidine rings is 1. The topological polar surface area (TPSA) is 45.7 Å². The Labute approximate surface area is 144 Å². The Morgan fingerprint density at radius 1 is 1.25 bits per heavy atom. The van der Waals surface area contributed by atoms with Gasteiger partial charge >= 0.3 is 0 Å². The molecule has 0 N–H and O–H groups in total. The highest BCUT2D eigenvalue weighted by atomic mass is 16.5. The van der Waals surface area contributed by atoms with Crippen LogP contribution in [0.5, 0.6) is 0 Å². The van der Waals surface area contributed by atoms with Crippen molar-refractivity contribution >= 4 is 5.91 Å². The maximum Gasteiger partial charge on any atom is 0.227 e. The molecular formula is C19H27N3O2. The van der Waals surface area contributed by atoms with Gasteiger partial charge in [-0.3, -0.25) is 14.7 Å². The van der Waals surface area contributed by atoms with Crippen molar-refractivity contribution < 1.29 is 9.53 Å². The van der Waals surface area contributed by atoms with Crippen LogP contribution < -0.4 is 0 Å². The van der Waals surface area contributed by atoms with Crippen molar-refractivity contribution in [3.8, 4) is 0 Å². The van der Waals surface area contributed by atoms with Gasteiger partial charge in [-0.15, -0.1) is 0 Å². The lowest BCUT2D eigenvalue weighted by molar-refractivity contribution is -0.135. The number of pyridine rings is 1. The number of nitrogens with zero attached hydrogens (tertiary/aromatic N) is 3. The molecule has 1 atom stereocenters. The summed E-state index contributed by atoms with van der Waals surface area (Å²) < 4.78 is 6.26. The molecule has 0 bridgehead atoms. The molecule has 4 heterocycles. The highest BCUT2D eigenvalue weighted by Crippen LogP contribution is 2.38. The average Bonchev–Trinajstić information content (AvgIpc) is 3.27. The van der Waals surface area contributed by atoms with E-state index in [1.54, 1.807) is 12.4 Å². The van der Waals surface area contributed by atoms with Gasteiger partial charge in [0.15, 0.2) is 0 Å². The molecule has 1 spiro atoms. The summed E-state index contributed by atoms with van der Waals surface area (Å²) >= 11 is 0. The van der Waals surface area contributed by atoms with Gasteiger partial charge in [0.25, 0.3) is 0 Å². The first-order chi connectivity index (χ1) is 11.7. The number of carbonyl (C=O) groups excluding carboxylic acids is 1. The van der Waals surface area contributed by atoms with E-state index in [-0.39, 0.29) is 11.5 Å². The third-order valence-corrected chi connectivity index (χ3v) is 5.95. The molecule has 1 aromatic heterocycles. The normalized spacial score (nSPS) is 27.0. The molecule has 0 radical (unpaired) electrons. The Bertz CT molecular complexity index is 563. The molecule has 3 fully saturated rings. The van der Waals surface area contributed by atoms with Crippen LogP contribution in [0.1, 0.15) is 37.7 Å². The van der Waals surface area contributed by atoms with E-state index in [2.05, 4.69) is 9.88 Å². The second-order valence-electron chi connectivity index (χ2n) is 7.51. The largest absolute Gasteiger partial charge is 0.373 e. The van der Waals surface area contributed by atoms with E-state index in [0.717, 1.165) is 44.5 Å². The third kappa shape index (κ3) is 3.33. The van der Waals surface area contributed by atoms with Crippen molar-refractivity contribution in [2.75, 3.05) is 32.8 Å². The fourth-order valence-electron chi connectivity index (χ4n) is 4.46. The average molecular weight is 329 g/mol. The van der Waals surface area contributed by atoms with Crippen molar-refractivity contribution in [1.82, 2.24) is 14.8 Å². The highest BCUT2D eigenvalue weighted by Gasteiger charge is 2.45. The number of amides is 1. The van der Waals surface area contributed by atoms with Crippen LogP contribution >= 0.6 is 0 Å². The summed E-state index contributed by atoms with van der Waals surface area (Å²) in [6.07, 6.45) is 9.76. The van der Waals surface area contributed by atoms with Crippen molar-refractivity contribution in [3.05, 3.63) is 30.1 Å². The number of aromatic nitrogens is 1. The molecule has 5 heteroatoms. The zero-order valence-electron chi connectivity index (χ0n) is 14.3. The van der Waals surface area contributed by atoms with Gasteiger partial charge in [0, 0.05) is 31.5 Å². The van der Waals surface area contributed by atoms with Gasteiger partial charge in [0.1, 0.15) is 0 Å². The van der Waals surface area contributed by atoms with Crippen LogP contribution in [-0.2, 0) is 16.0 Å². The molecule has 1 unspecified atom stereocenters. The first-order valence-corrected chi connectivity index (χ1v) is 9.29. The maximum absolute atomic E-state index is 12.5. The second kappa shape index (κ2) is 6.81. The number of likely N-dealkylation sites (tertiary alicyclic amines) is 2. The van der Waals surface area contributed by atoms with E-state index >= 15 is 0 Å². The molecule has 1 aromatic rings. The molecule has 3 aliphatic heterocycles. The van der Waals surface area contributed by atoms with E-state index in [1.165, 1.54) is 25.9 Å². The van der Waals surface area contributed by atoms with Crippen molar-refractivity contribution in [3.63, 3.8) is 0 Å². The minimum absolute atomic E-state index is 0.0261. The summed E-state index contributed by atoms with van der Waals surface area (Å²) in [7, 11) is 0. The number of rotatable bonds is 3. The maximum atomic E-state index is 12.5. The summed E-state index contributed by atoms with van der Waals surface area (Å²) in [5.41, 5.74) is 1.02. The lowest BCUT2D eigenvalue weighted by Gasteiger charge is -2.39. The van der Waals surface area contributed by atoms with Gasteiger partial charge < -0.3 is 9.64 Å². The van der Waals surface area contributed by atoms with Gasteiger partial charge in [-0.25, -0.2) is 0 Å². The lowest BCUT2D eigenvalue weighted by atomic mass is 9.87. The van der Waals surface area contributed by atoms with E-state index in [9.17, 15) is 4.79 Å². The molecule has 24 heavy (non-hydrogen) atoms. The predicted octanol–water partition coefficient (Wildman–Crippen LogP) is 1.87. The van der Waals surface area contributed by atoms with Crippen LogP contribution in [0, 0.1) is 0 Å². The Hall–Kier alpha value is -1.46. The molecule has 3 saturated heterocycles. The minimum atomic E-state index is 0.0261. The quantitative estimate of drug-likeness (QED) is 0.849. The Morgan fingerprint density at radius 3 is 2.75 bits per heavy atom. The molecule has 0 aliphatic carbocycles. The predicted molar refractivity (Wildman–Crippen MR) is 91.7 cm³/mol. The van der Waals surface area contributed by atoms with Crippen LogP contribution in [0.2, 0.25) is 0 Å². The van der Waals surface area contributed by atoms with Gasteiger partial charge in [0.2, 0.25) is 5.91 Å². The molecule has 0 saturated carbocycles. The van der Waals surface area contributed by atoms with Crippen LogP contribution in [0.25, 0.3) is 0 Å². The highest BCUT2D eigenvalue weighted by molar-refractivity contribution is 5.78. The fraction of sp³-hybridized carbons (Fsp3) is 0.684. The van der Waals surface area contributed by atoms with Crippen molar-refractivity contribution in [1.29, 1.82) is 0 Å². The first kappa shape index (κ1) is 16.0. The minimum Gasteiger partial charge on any atom is -0.373 e. The van der Waals surface area contributed by atoms with E-state index in [0.29, 0.717) is 12.5 Å². The lowest BCUT2D eigenvalue weighted by Crippen LogP contribution is -2.47. The molecule has 0 aromatic carbocycles. The molecule has 3 aliphatic rings. The van der Waals surface area contributed by atoms with Crippen LogP contribution in [0.3, 0.4) is 0 Å². The fourth-order valence-corrected chi connectivity index (χ4v) is 4.46. The van der Waals surface area contributed by atoms with Crippen molar-refractivity contribution in [2.45, 2.75) is 50.2 Å². The summed E-state index contributed by atoms with van der Waals surface area (Å²) in [5, 5.41) is 0. The number of ether oxygens (including phenoxy) is 1. The van der Waals surface area contributed by atoms with Crippen molar-refractivity contribution in [2.24, 2.45) is 0 Å². The van der Waals surface area contributed by atoms with Gasteiger partial charge in [-0.2, -0.15) is 0 Å². The molecular weight excluding hydrogens is 302 g/mol. The third-order valence-electron chi connectivity index (χ3n) is 5.95. The van der Waals surface area contributed by atoms with Crippen LogP contribution in [0.4, 0.5) is 0 Å². The SMILES string of the molecule is O=C(Cc1cccnc1)N1CCC2(CC1)CC(N1CCCC1)CO2. The first-order valence-electron chi connectivity index (χ1n) is 9.29. The van der Waals surface area contributed by atoms with E-state index in [1.807, 2.05) is 17.0 Å². The molecule has 1 amide bonds. The number of hydrogen-bond donors (Lipinski definition) is 0. The molecule has 4 rings (SSSR count). The molecule has 5 nitrogen and oxygen atoms in total. The summed E-state index contributed by atoms with van der Waals surface area (Å²) in [6.45, 7) is 5.00. The Balaban J connectivity index is 1.29. The van der Waals surface area contributed by atoms with Crippen LogP contribution in [-0.4, -0.2) is 65.1 Å². The number of hydrogen-bond acceptors (Lipinski definition) is 4. The zero-order chi connectivity index (χ0) is 16.4. The van der Waals surface area contributed by atoms with Gasteiger partial charge in [0.05, 0.1) is 18.6 Å². The summed E-state index contributed by atoms with van der Waals surface area (Å²) in [5.74, 6) is 0.215. The summed E-state index contributed by atoms with van der Waals surface area (Å²) in [6, 6.07) is 4.46. The van der Waals surface area contributed by atoms with Crippen LogP contribution in [0.15, 0.2) is 24.5 Å². The van der Waals surface area contributed by atoms with Gasteiger partial charge in [-0.1, -0.05) is 6.07 Å². The molecule has 130 valence electrons.